The molecule has 1 aliphatic rings. The fourth-order valence-electron chi connectivity index (χ4n) is 2.16. The van der Waals surface area contributed by atoms with Crippen molar-refractivity contribution in [2.45, 2.75) is 18.4 Å². The summed E-state index contributed by atoms with van der Waals surface area (Å²) in [4.78, 5) is 14.3. The zero-order chi connectivity index (χ0) is 13.9. The summed E-state index contributed by atoms with van der Waals surface area (Å²) < 4.78 is 0.929. The molecular weight excluding hydrogens is 306 g/mol. The van der Waals surface area contributed by atoms with Crippen LogP contribution in [0.4, 0.5) is 0 Å². The van der Waals surface area contributed by atoms with Crippen molar-refractivity contribution in [1.29, 1.82) is 5.26 Å². The predicted octanol–water partition coefficient (Wildman–Crippen LogP) is 2.17. The molecule has 1 heterocycles. The van der Waals surface area contributed by atoms with Gasteiger partial charge in [0.15, 0.2) is 0 Å². The number of halogens is 1. The molecule has 0 saturated carbocycles. The lowest BCUT2D eigenvalue weighted by Gasteiger charge is -2.36. The molecule has 5 heteroatoms. The summed E-state index contributed by atoms with van der Waals surface area (Å²) in [5, 5.41) is 12.3. The molecule has 2 rings (SSSR count). The summed E-state index contributed by atoms with van der Waals surface area (Å²) in [7, 11) is 2.03. The summed E-state index contributed by atoms with van der Waals surface area (Å²) in [6, 6.07) is 9.43. The second kappa shape index (κ2) is 5.72. The standard InChI is InChI=1S/C14H16BrN3O/c1-18-8-6-14(10-16,7-9-18)17-13(19)11-2-4-12(15)5-3-11/h2-5H,6-9H2,1H3,(H,17,19). The number of piperidine rings is 1. The van der Waals surface area contributed by atoms with Crippen molar-refractivity contribution < 1.29 is 4.79 Å². The van der Waals surface area contributed by atoms with Gasteiger partial charge in [-0.15, -0.1) is 0 Å². The Labute approximate surface area is 121 Å². The quantitative estimate of drug-likeness (QED) is 0.908. The molecule has 1 aromatic rings. The lowest BCUT2D eigenvalue weighted by molar-refractivity contribution is 0.0882. The molecule has 1 aromatic carbocycles. The van der Waals surface area contributed by atoms with Gasteiger partial charge in [0, 0.05) is 23.1 Å². The predicted molar refractivity (Wildman–Crippen MR) is 76.7 cm³/mol. The van der Waals surface area contributed by atoms with Crippen LogP contribution < -0.4 is 5.32 Å². The zero-order valence-electron chi connectivity index (χ0n) is 10.8. The van der Waals surface area contributed by atoms with Crippen LogP contribution in [-0.4, -0.2) is 36.5 Å². The number of carbonyl (C=O) groups excluding carboxylic acids is 1. The average molecular weight is 322 g/mol. The van der Waals surface area contributed by atoms with E-state index in [1.54, 1.807) is 12.1 Å². The largest absolute Gasteiger partial charge is 0.334 e. The Hall–Kier alpha value is -1.38. The molecule has 1 fully saturated rings. The topological polar surface area (TPSA) is 56.1 Å². The number of hydrogen-bond acceptors (Lipinski definition) is 3. The van der Waals surface area contributed by atoms with Crippen LogP contribution in [0.1, 0.15) is 23.2 Å². The van der Waals surface area contributed by atoms with Gasteiger partial charge in [-0.3, -0.25) is 4.79 Å². The maximum Gasteiger partial charge on any atom is 0.252 e. The van der Waals surface area contributed by atoms with Gasteiger partial charge in [-0.2, -0.15) is 5.26 Å². The first-order valence-corrected chi connectivity index (χ1v) is 7.02. The first-order valence-electron chi connectivity index (χ1n) is 6.22. The summed E-state index contributed by atoms with van der Waals surface area (Å²) in [5.41, 5.74) is -0.145. The van der Waals surface area contributed by atoms with Gasteiger partial charge in [-0.1, -0.05) is 15.9 Å². The maximum atomic E-state index is 12.2. The molecule has 0 spiro atoms. The van der Waals surface area contributed by atoms with E-state index in [2.05, 4.69) is 32.2 Å². The highest BCUT2D eigenvalue weighted by atomic mass is 79.9. The number of hydrogen-bond donors (Lipinski definition) is 1. The molecule has 0 aromatic heterocycles. The molecular formula is C14H16BrN3O. The maximum absolute atomic E-state index is 12.2. The van der Waals surface area contributed by atoms with Crippen molar-refractivity contribution in [3.8, 4) is 6.07 Å². The highest BCUT2D eigenvalue weighted by Gasteiger charge is 2.35. The molecule has 1 saturated heterocycles. The van der Waals surface area contributed by atoms with Crippen LogP contribution >= 0.6 is 15.9 Å². The molecule has 1 aliphatic heterocycles. The van der Waals surface area contributed by atoms with Crippen LogP contribution in [0.3, 0.4) is 0 Å². The lowest BCUT2D eigenvalue weighted by Crippen LogP contribution is -2.53. The van der Waals surface area contributed by atoms with Crippen molar-refractivity contribution >= 4 is 21.8 Å². The van der Waals surface area contributed by atoms with Gasteiger partial charge >= 0.3 is 0 Å². The minimum absolute atomic E-state index is 0.182. The van der Waals surface area contributed by atoms with E-state index in [1.165, 1.54) is 0 Å². The third kappa shape index (κ3) is 3.34. The minimum atomic E-state index is -0.726. The van der Waals surface area contributed by atoms with Crippen molar-refractivity contribution in [1.82, 2.24) is 10.2 Å². The average Bonchev–Trinajstić information content (AvgIpc) is 2.42. The van der Waals surface area contributed by atoms with Gasteiger partial charge in [-0.05, 0) is 44.2 Å². The number of nitriles is 1. The molecule has 19 heavy (non-hydrogen) atoms. The SMILES string of the molecule is CN1CCC(C#N)(NC(=O)c2ccc(Br)cc2)CC1. The molecule has 0 unspecified atom stereocenters. The van der Waals surface area contributed by atoms with E-state index in [4.69, 9.17) is 0 Å². The number of nitrogens with one attached hydrogen (secondary N) is 1. The van der Waals surface area contributed by atoms with Crippen LogP contribution in [0, 0.1) is 11.3 Å². The Bertz CT molecular complexity index is 498. The van der Waals surface area contributed by atoms with E-state index < -0.39 is 5.54 Å². The Morgan fingerprint density at radius 3 is 2.47 bits per heavy atom. The summed E-state index contributed by atoms with van der Waals surface area (Å²) in [5.74, 6) is -0.182. The van der Waals surface area contributed by atoms with Crippen LogP contribution in [-0.2, 0) is 0 Å². The lowest BCUT2D eigenvalue weighted by atomic mass is 9.89. The molecule has 0 bridgehead atoms. The Kier molecular flexibility index (Phi) is 4.23. The van der Waals surface area contributed by atoms with E-state index >= 15 is 0 Å². The Morgan fingerprint density at radius 1 is 1.37 bits per heavy atom. The molecule has 1 amide bonds. The summed E-state index contributed by atoms with van der Waals surface area (Å²) >= 11 is 3.33. The van der Waals surface area contributed by atoms with E-state index in [0.29, 0.717) is 18.4 Å². The molecule has 1 N–H and O–H groups in total. The van der Waals surface area contributed by atoms with Gasteiger partial charge < -0.3 is 10.2 Å². The van der Waals surface area contributed by atoms with Crippen molar-refractivity contribution in [3.05, 3.63) is 34.3 Å². The van der Waals surface area contributed by atoms with Gasteiger partial charge in [0.2, 0.25) is 0 Å². The van der Waals surface area contributed by atoms with E-state index in [9.17, 15) is 10.1 Å². The Balaban J connectivity index is 2.09. The van der Waals surface area contributed by atoms with E-state index in [-0.39, 0.29) is 5.91 Å². The first-order chi connectivity index (χ1) is 9.04. The monoisotopic (exact) mass is 321 g/mol. The summed E-state index contributed by atoms with van der Waals surface area (Å²) in [6.07, 6.45) is 1.34. The number of benzene rings is 1. The number of rotatable bonds is 2. The van der Waals surface area contributed by atoms with Crippen molar-refractivity contribution in [3.63, 3.8) is 0 Å². The number of likely N-dealkylation sites (tertiary alicyclic amines) is 1. The fourth-order valence-corrected chi connectivity index (χ4v) is 2.42. The molecule has 0 radical (unpaired) electrons. The number of amides is 1. The molecule has 0 atom stereocenters. The fraction of sp³-hybridized carbons (Fsp3) is 0.429. The van der Waals surface area contributed by atoms with Crippen molar-refractivity contribution in [2.75, 3.05) is 20.1 Å². The minimum Gasteiger partial charge on any atom is -0.334 e. The second-order valence-electron chi connectivity index (χ2n) is 4.96. The molecule has 100 valence electrons. The van der Waals surface area contributed by atoms with Crippen LogP contribution in [0.2, 0.25) is 0 Å². The van der Waals surface area contributed by atoms with Crippen LogP contribution in [0.5, 0.6) is 0 Å². The van der Waals surface area contributed by atoms with Gasteiger partial charge in [0.25, 0.3) is 5.91 Å². The Morgan fingerprint density at radius 2 is 1.95 bits per heavy atom. The smallest absolute Gasteiger partial charge is 0.252 e. The highest BCUT2D eigenvalue weighted by molar-refractivity contribution is 9.10. The third-order valence-electron chi connectivity index (χ3n) is 3.51. The highest BCUT2D eigenvalue weighted by Crippen LogP contribution is 2.21. The van der Waals surface area contributed by atoms with Crippen LogP contribution in [0.25, 0.3) is 0 Å². The van der Waals surface area contributed by atoms with E-state index in [0.717, 1.165) is 17.6 Å². The van der Waals surface area contributed by atoms with Gasteiger partial charge in [0.05, 0.1) is 6.07 Å². The number of carbonyl (C=O) groups is 1. The summed E-state index contributed by atoms with van der Waals surface area (Å²) in [6.45, 7) is 1.66. The zero-order valence-corrected chi connectivity index (χ0v) is 12.4. The van der Waals surface area contributed by atoms with Crippen molar-refractivity contribution in [2.24, 2.45) is 0 Å². The second-order valence-corrected chi connectivity index (χ2v) is 5.87. The van der Waals surface area contributed by atoms with Gasteiger partial charge in [-0.25, -0.2) is 0 Å². The first kappa shape index (κ1) is 14.0. The molecule has 0 aliphatic carbocycles. The van der Waals surface area contributed by atoms with Crippen LogP contribution in [0.15, 0.2) is 28.7 Å². The van der Waals surface area contributed by atoms with Gasteiger partial charge in [0.1, 0.15) is 5.54 Å². The molecule has 4 nitrogen and oxygen atoms in total. The number of nitrogens with zero attached hydrogens (tertiary/aromatic N) is 2. The van der Waals surface area contributed by atoms with E-state index in [1.807, 2.05) is 19.2 Å². The third-order valence-corrected chi connectivity index (χ3v) is 4.04. The normalized spacial score (nSPS) is 18.6.